The van der Waals surface area contributed by atoms with Gasteiger partial charge in [-0.05, 0) is 30.5 Å². The number of carbonyl (C=O) groups excluding carboxylic acids is 1. The molecule has 5 nitrogen and oxygen atoms in total. The zero-order valence-electron chi connectivity index (χ0n) is 14.5. The standard InChI is InChI=1S/C17H26N4O.HI/c1-19(2)17(20(3)4)18-13-14-8-10-15(11-9-14)21-12-6-5-7-16(21)22;/h8-11H,5-7,12-13H2,1-4H3;1H. The van der Waals surface area contributed by atoms with Gasteiger partial charge >= 0.3 is 0 Å². The quantitative estimate of drug-likeness (QED) is 0.421. The Kier molecular flexibility index (Phi) is 7.81. The highest BCUT2D eigenvalue weighted by Gasteiger charge is 2.19. The molecule has 0 unspecified atom stereocenters. The Morgan fingerprint density at radius 1 is 1.09 bits per heavy atom. The summed E-state index contributed by atoms with van der Waals surface area (Å²) in [5, 5.41) is 0. The molecule has 1 amide bonds. The molecule has 1 aromatic rings. The third kappa shape index (κ3) is 5.37. The minimum absolute atomic E-state index is 0. The van der Waals surface area contributed by atoms with Crippen LogP contribution in [0.15, 0.2) is 29.3 Å². The predicted octanol–water partition coefficient (Wildman–Crippen LogP) is 2.80. The molecule has 0 N–H and O–H groups in total. The van der Waals surface area contributed by atoms with Gasteiger partial charge in [-0.15, -0.1) is 24.0 Å². The van der Waals surface area contributed by atoms with Crippen LogP contribution in [-0.2, 0) is 11.3 Å². The number of piperidine rings is 1. The smallest absolute Gasteiger partial charge is 0.226 e. The fourth-order valence-electron chi connectivity index (χ4n) is 2.71. The highest BCUT2D eigenvalue weighted by atomic mass is 127. The number of hydrogen-bond donors (Lipinski definition) is 0. The van der Waals surface area contributed by atoms with Gasteiger partial charge in [-0.25, -0.2) is 4.99 Å². The molecule has 0 aliphatic carbocycles. The van der Waals surface area contributed by atoms with E-state index in [9.17, 15) is 4.79 Å². The first-order valence-electron chi connectivity index (χ1n) is 7.77. The van der Waals surface area contributed by atoms with Crippen molar-refractivity contribution in [3.8, 4) is 0 Å². The van der Waals surface area contributed by atoms with E-state index in [-0.39, 0.29) is 29.9 Å². The molecule has 128 valence electrons. The number of nitrogens with zero attached hydrogens (tertiary/aromatic N) is 4. The Bertz CT molecular complexity index is 530. The molecule has 0 saturated carbocycles. The van der Waals surface area contributed by atoms with Crippen molar-refractivity contribution in [3.63, 3.8) is 0 Å². The van der Waals surface area contributed by atoms with Gasteiger partial charge in [-0.2, -0.15) is 0 Å². The van der Waals surface area contributed by atoms with E-state index in [1.807, 2.05) is 55.0 Å². The van der Waals surface area contributed by atoms with E-state index in [0.29, 0.717) is 13.0 Å². The normalized spacial score (nSPS) is 14.1. The van der Waals surface area contributed by atoms with Crippen molar-refractivity contribution in [1.29, 1.82) is 0 Å². The maximum absolute atomic E-state index is 11.9. The number of halogens is 1. The minimum atomic E-state index is 0. The fourth-order valence-corrected chi connectivity index (χ4v) is 2.71. The number of anilines is 1. The van der Waals surface area contributed by atoms with Crippen molar-refractivity contribution >= 4 is 41.5 Å². The summed E-state index contributed by atoms with van der Waals surface area (Å²) in [5.41, 5.74) is 2.15. The van der Waals surface area contributed by atoms with Crippen LogP contribution in [0.4, 0.5) is 5.69 Å². The second kappa shape index (κ2) is 9.10. The van der Waals surface area contributed by atoms with Crippen molar-refractivity contribution in [2.24, 2.45) is 4.99 Å². The average molecular weight is 430 g/mol. The molecular weight excluding hydrogens is 403 g/mol. The summed E-state index contributed by atoms with van der Waals surface area (Å²) >= 11 is 0. The summed E-state index contributed by atoms with van der Waals surface area (Å²) in [6.45, 7) is 1.47. The minimum Gasteiger partial charge on any atom is -0.349 e. The molecule has 1 fully saturated rings. The lowest BCUT2D eigenvalue weighted by atomic mass is 10.1. The monoisotopic (exact) mass is 430 g/mol. The maximum atomic E-state index is 11.9. The van der Waals surface area contributed by atoms with Crippen molar-refractivity contribution in [3.05, 3.63) is 29.8 Å². The van der Waals surface area contributed by atoms with Crippen LogP contribution in [0.1, 0.15) is 24.8 Å². The molecule has 0 spiro atoms. The van der Waals surface area contributed by atoms with E-state index in [4.69, 9.17) is 0 Å². The molecule has 2 rings (SSSR count). The van der Waals surface area contributed by atoms with Crippen LogP contribution in [0.5, 0.6) is 0 Å². The van der Waals surface area contributed by atoms with E-state index in [0.717, 1.165) is 36.6 Å². The molecule has 6 heteroatoms. The lowest BCUT2D eigenvalue weighted by Gasteiger charge is -2.27. The Labute approximate surface area is 156 Å². The van der Waals surface area contributed by atoms with Crippen LogP contribution in [0, 0.1) is 0 Å². The Morgan fingerprint density at radius 3 is 2.22 bits per heavy atom. The number of guanidine groups is 1. The third-order valence-corrected chi connectivity index (χ3v) is 3.77. The first-order valence-corrected chi connectivity index (χ1v) is 7.77. The van der Waals surface area contributed by atoms with Gasteiger partial charge < -0.3 is 14.7 Å². The van der Waals surface area contributed by atoms with E-state index >= 15 is 0 Å². The van der Waals surface area contributed by atoms with Gasteiger partial charge in [0.15, 0.2) is 5.96 Å². The van der Waals surface area contributed by atoms with Crippen molar-refractivity contribution in [2.45, 2.75) is 25.8 Å². The van der Waals surface area contributed by atoms with Gasteiger partial charge in [0.1, 0.15) is 0 Å². The van der Waals surface area contributed by atoms with E-state index in [1.165, 1.54) is 0 Å². The summed E-state index contributed by atoms with van der Waals surface area (Å²) in [5.74, 6) is 1.18. The van der Waals surface area contributed by atoms with Crippen LogP contribution in [0.25, 0.3) is 0 Å². The molecule has 1 heterocycles. The van der Waals surface area contributed by atoms with Crippen LogP contribution in [-0.4, -0.2) is 56.4 Å². The number of rotatable bonds is 3. The van der Waals surface area contributed by atoms with Gasteiger partial charge in [0.2, 0.25) is 5.91 Å². The molecule has 1 aliphatic heterocycles. The SMILES string of the molecule is CN(C)C(=NCc1ccc(N2CCCCC2=O)cc1)N(C)C.I. The molecule has 0 aromatic heterocycles. The highest BCUT2D eigenvalue weighted by molar-refractivity contribution is 14.0. The number of amides is 1. The third-order valence-electron chi connectivity index (χ3n) is 3.77. The summed E-state index contributed by atoms with van der Waals surface area (Å²) in [6.07, 6.45) is 2.77. The van der Waals surface area contributed by atoms with Crippen LogP contribution < -0.4 is 4.90 Å². The molecule has 0 radical (unpaired) electrons. The second-order valence-electron chi connectivity index (χ2n) is 6.07. The molecule has 0 bridgehead atoms. The molecule has 0 atom stereocenters. The predicted molar refractivity (Wildman–Crippen MR) is 107 cm³/mol. The summed E-state index contributed by atoms with van der Waals surface area (Å²) in [7, 11) is 7.96. The molecule has 1 saturated heterocycles. The molecule has 1 aliphatic rings. The van der Waals surface area contributed by atoms with E-state index in [2.05, 4.69) is 17.1 Å². The molecule has 23 heavy (non-hydrogen) atoms. The van der Waals surface area contributed by atoms with Crippen molar-refractivity contribution in [1.82, 2.24) is 9.80 Å². The first kappa shape index (κ1) is 19.7. The topological polar surface area (TPSA) is 39.1 Å². The van der Waals surface area contributed by atoms with Crippen molar-refractivity contribution in [2.75, 3.05) is 39.6 Å². The molecule has 1 aromatic carbocycles. The molecular formula is C17H27IN4O. The van der Waals surface area contributed by atoms with Gasteiger partial charge in [0.25, 0.3) is 0 Å². The van der Waals surface area contributed by atoms with Gasteiger partial charge in [-0.3, -0.25) is 4.79 Å². The number of hydrogen-bond acceptors (Lipinski definition) is 2. The maximum Gasteiger partial charge on any atom is 0.226 e. The number of carbonyl (C=O) groups is 1. The van der Waals surface area contributed by atoms with Gasteiger partial charge in [0.05, 0.1) is 6.54 Å². The van der Waals surface area contributed by atoms with Crippen molar-refractivity contribution < 1.29 is 4.79 Å². The number of aliphatic imine (C=N–C) groups is 1. The number of benzene rings is 1. The van der Waals surface area contributed by atoms with Crippen LogP contribution in [0.2, 0.25) is 0 Å². The Balaban J connectivity index is 0.00000264. The van der Waals surface area contributed by atoms with Gasteiger partial charge in [-0.1, -0.05) is 12.1 Å². The second-order valence-corrected chi connectivity index (χ2v) is 6.07. The Hall–Kier alpha value is -1.31. The zero-order chi connectivity index (χ0) is 16.1. The first-order chi connectivity index (χ1) is 10.5. The average Bonchev–Trinajstić information content (AvgIpc) is 2.48. The lowest BCUT2D eigenvalue weighted by molar-refractivity contribution is -0.119. The highest BCUT2D eigenvalue weighted by Crippen LogP contribution is 2.21. The summed E-state index contributed by atoms with van der Waals surface area (Å²) < 4.78 is 0. The zero-order valence-corrected chi connectivity index (χ0v) is 16.8. The van der Waals surface area contributed by atoms with Gasteiger partial charge in [0, 0.05) is 46.8 Å². The Morgan fingerprint density at radius 2 is 1.70 bits per heavy atom. The lowest BCUT2D eigenvalue weighted by Crippen LogP contribution is -2.35. The van der Waals surface area contributed by atoms with E-state index < -0.39 is 0 Å². The van der Waals surface area contributed by atoms with Crippen LogP contribution >= 0.6 is 24.0 Å². The fraction of sp³-hybridized carbons (Fsp3) is 0.529. The summed E-state index contributed by atoms with van der Waals surface area (Å²) in [4.78, 5) is 22.5. The van der Waals surface area contributed by atoms with Crippen LogP contribution in [0.3, 0.4) is 0 Å². The summed E-state index contributed by atoms with van der Waals surface area (Å²) in [6, 6.07) is 8.17. The largest absolute Gasteiger partial charge is 0.349 e. The van der Waals surface area contributed by atoms with E-state index in [1.54, 1.807) is 0 Å².